The smallest absolute Gasteiger partial charge is 0.128 e. The van der Waals surface area contributed by atoms with Crippen LogP contribution >= 0.6 is 0 Å². The molecule has 1 N–H and O–H groups in total. The first kappa shape index (κ1) is 14.2. The minimum atomic E-state index is 1.06. The van der Waals surface area contributed by atoms with Gasteiger partial charge in [0.2, 0.25) is 0 Å². The molecule has 0 unspecified atom stereocenters. The van der Waals surface area contributed by atoms with Gasteiger partial charge in [0, 0.05) is 19.6 Å². The number of hydrogen-bond donors (Lipinski definition) is 1. The molecule has 0 aromatic carbocycles. The minimum Gasteiger partial charge on any atom is -0.384 e. The second-order valence-corrected chi connectivity index (χ2v) is 5.44. The van der Waals surface area contributed by atoms with Crippen LogP contribution in [0.4, 0.5) is 11.5 Å². The van der Waals surface area contributed by atoms with Gasteiger partial charge in [-0.05, 0) is 37.8 Å². The first-order valence-corrected chi connectivity index (χ1v) is 7.85. The summed E-state index contributed by atoms with van der Waals surface area (Å²) in [6, 6.07) is 4.32. The van der Waals surface area contributed by atoms with Gasteiger partial charge in [-0.15, -0.1) is 0 Å². The molecule has 1 aliphatic rings. The molecule has 0 atom stereocenters. The fraction of sp³-hybridized carbons (Fsp3) is 0.688. The van der Waals surface area contributed by atoms with Crippen molar-refractivity contribution in [2.45, 2.75) is 51.9 Å². The minimum absolute atomic E-state index is 1.06. The van der Waals surface area contributed by atoms with Gasteiger partial charge in [-0.2, -0.15) is 0 Å². The van der Waals surface area contributed by atoms with Crippen molar-refractivity contribution in [1.82, 2.24) is 4.98 Å². The van der Waals surface area contributed by atoms with Crippen LogP contribution in [0.2, 0.25) is 0 Å². The van der Waals surface area contributed by atoms with E-state index in [1.54, 1.807) is 0 Å². The van der Waals surface area contributed by atoms with E-state index in [1.165, 1.54) is 44.9 Å². The third kappa shape index (κ3) is 4.73. The SMILES string of the molecule is CCCCCCNc1ccc(N2CCCCC2)nc1. The Bertz CT molecular complexity index is 342. The topological polar surface area (TPSA) is 28.2 Å². The van der Waals surface area contributed by atoms with Crippen molar-refractivity contribution in [2.75, 3.05) is 29.9 Å². The first-order chi connectivity index (χ1) is 9.40. The Kier molecular flexibility index (Phi) is 5.99. The highest BCUT2D eigenvalue weighted by molar-refractivity contribution is 5.48. The van der Waals surface area contributed by atoms with Crippen LogP contribution in [0.15, 0.2) is 18.3 Å². The van der Waals surface area contributed by atoms with Crippen molar-refractivity contribution in [2.24, 2.45) is 0 Å². The maximum Gasteiger partial charge on any atom is 0.128 e. The van der Waals surface area contributed by atoms with Crippen LogP contribution < -0.4 is 10.2 Å². The third-order valence-corrected chi connectivity index (χ3v) is 3.79. The van der Waals surface area contributed by atoms with Gasteiger partial charge in [0.05, 0.1) is 11.9 Å². The molecule has 3 heteroatoms. The maximum atomic E-state index is 4.58. The molecule has 106 valence electrons. The molecule has 2 rings (SSSR count). The van der Waals surface area contributed by atoms with Crippen molar-refractivity contribution >= 4 is 11.5 Å². The number of rotatable bonds is 7. The van der Waals surface area contributed by atoms with Crippen LogP contribution in [0.1, 0.15) is 51.9 Å². The van der Waals surface area contributed by atoms with E-state index in [1.807, 2.05) is 6.20 Å². The van der Waals surface area contributed by atoms with Gasteiger partial charge >= 0.3 is 0 Å². The standard InChI is InChI=1S/C16H27N3/c1-2-3-4-6-11-17-15-9-10-16(18-14-15)19-12-7-5-8-13-19/h9-10,14,17H,2-8,11-13H2,1H3. The highest BCUT2D eigenvalue weighted by Gasteiger charge is 2.11. The van der Waals surface area contributed by atoms with Crippen molar-refractivity contribution in [3.8, 4) is 0 Å². The van der Waals surface area contributed by atoms with E-state index in [9.17, 15) is 0 Å². The molecule has 19 heavy (non-hydrogen) atoms. The van der Waals surface area contributed by atoms with Gasteiger partial charge in [0.1, 0.15) is 5.82 Å². The van der Waals surface area contributed by atoms with Gasteiger partial charge < -0.3 is 10.2 Å². The predicted octanol–water partition coefficient (Wildman–Crippen LogP) is 4.06. The van der Waals surface area contributed by atoms with Crippen LogP contribution in [0.5, 0.6) is 0 Å². The Morgan fingerprint density at radius 1 is 1.11 bits per heavy atom. The normalized spacial score (nSPS) is 15.5. The van der Waals surface area contributed by atoms with E-state index in [4.69, 9.17) is 0 Å². The molecule has 0 amide bonds. The van der Waals surface area contributed by atoms with E-state index >= 15 is 0 Å². The second-order valence-electron chi connectivity index (χ2n) is 5.44. The average molecular weight is 261 g/mol. The van der Waals surface area contributed by atoms with Crippen molar-refractivity contribution in [3.05, 3.63) is 18.3 Å². The van der Waals surface area contributed by atoms with Gasteiger partial charge in [0.15, 0.2) is 0 Å². The average Bonchev–Trinajstić information content (AvgIpc) is 2.49. The molecular weight excluding hydrogens is 234 g/mol. The number of nitrogens with zero attached hydrogens (tertiary/aromatic N) is 2. The summed E-state index contributed by atoms with van der Waals surface area (Å²) in [5, 5.41) is 3.45. The van der Waals surface area contributed by atoms with E-state index < -0.39 is 0 Å². The maximum absolute atomic E-state index is 4.58. The summed E-state index contributed by atoms with van der Waals surface area (Å²) in [5.74, 6) is 1.14. The Labute approximate surface area is 117 Å². The Morgan fingerprint density at radius 2 is 1.95 bits per heavy atom. The summed E-state index contributed by atoms with van der Waals surface area (Å²) < 4.78 is 0. The van der Waals surface area contributed by atoms with Gasteiger partial charge in [0.25, 0.3) is 0 Å². The van der Waals surface area contributed by atoms with Crippen LogP contribution in [0.3, 0.4) is 0 Å². The fourth-order valence-corrected chi connectivity index (χ4v) is 2.59. The number of nitrogens with one attached hydrogen (secondary N) is 1. The van der Waals surface area contributed by atoms with E-state index in [0.717, 1.165) is 31.1 Å². The highest BCUT2D eigenvalue weighted by atomic mass is 15.2. The number of unbranched alkanes of at least 4 members (excludes halogenated alkanes) is 3. The number of anilines is 2. The van der Waals surface area contributed by atoms with Crippen molar-refractivity contribution in [3.63, 3.8) is 0 Å². The quantitative estimate of drug-likeness (QED) is 0.750. The van der Waals surface area contributed by atoms with Crippen LogP contribution in [-0.2, 0) is 0 Å². The van der Waals surface area contributed by atoms with Crippen LogP contribution in [-0.4, -0.2) is 24.6 Å². The van der Waals surface area contributed by atoms with Crippen molar-refractivity contribution in [1.29, 1.82) is 0 Å². The molecule has 2 heterocycles. The molecule has 3 nitrogen and oxygen atoms in total. The molecular formula is C16H27N3. The number of pyridine rings is 1. The zero-order valence-electron chi connectivity index (χ0n) is 12.2. The zero-order valence-corrected chi connectivity index (χ0v) is 12.2. The Hall–Kier alpha value is -1.25. The number of aromatic nitrogens is 1. The zero-order chi connectivity index (χ0) is 13.3. The number of hydrogen-bond acceptors (Lipinski definition) is 3. The largest absolute Gasteiger partial charge is 0.384 e. The molecule has 0 bridgehead atoms. The molecule has 1 aliphatic heterocycles. The Morgan fingerprint density at radius 3 is 2.63 bits per heavy atom. The monoisotopic (exact) mass is 261 g/mol. The Balaban J connectivity index is 1.74. The summed E-state index contributed by atoms with van der Waals surface area (Å²) in [5.41, 5.74) is 1.15. The van der Waals surface area contributed by atoms with Gasteiger partial charge in [-0.25, -0.2) is 4.98 Å². The van der Waals surface area contributed by atoms with Crippen molar-refractivity contribution < 1.29 is 0 Å². The van der Waals surface area contributed by atoms with E-state index in [2.05, 4.69) is 34.3 Å². The molecule has 1 saturated heterocycles. The van der Waals surface area contributed by atoms with E-state index in [0.29, 0.717) is 0 Å². The summed E-state index contributed by atoms with van der Waals surface area (Å²) >= 11 is 0. The molecule has 0 spiro atoms. The number of piperidine rings is 1. The highest BCUT2D eigenvalue weighted by Crippen LogP contribution is 2.18. The lowest BCUT2D eigenvalue weighted by Crippen LogP contribution is -2.30. The second kappa shape index (κ2) is 8.03. The molecule has 1 aromatic rings. The third-order valence-electron chi connectivity index (χ3n) is 3.79. The first-order valence-electron chi connectivity index (χ1n) is 7.85. The summed E-state index contributed by atoms with van der Waals surface area (Å²) in [6.45, 7) is 5.63. The molecule has 1 fully saturated rings. The van der Waals surface area contributed by atoms with Gasteiger partial charge in [-0.1, -0.05) is 26.2 Å². The van der Waals surface area contributed by atoms with Gasteiger partial charge in [-0.3, -0.25) is 0 Å². The molecule has 0 radical (unpaired) electrons. The lowest BCUT2D eigenvalue weighted by atomic mass is 10.1. The van der Waals surface area contributed by atoms with E-state index in [-0.39, 0.29) is 0 Å². The van der Waals surface area contributed by atoms with Crippen LogP contribution in [0.25, 0.3) is 0 Å². The molecule has 0 saturated carbocycles. The summed E-state index contributed by atoms with van der Waals surface area (Å²) in [4.78, 5) is 6.98. The van der Waals surface area contributed by atoms with Crippen LogP contribution in [0, 0.1) is 0 Å². The lowest BCUT2D eigenvalue weighted by molar-refractivity contribution is 0.573. The summed E-state index contributed by atoms with van der Waals surface area (Å²) in [6.07, 6.45) is 11.2. The predicted molar refractivity (Wildman–Crippen MR) is 82.9 cm³/mol. The lowest BCUT2D eigenvalue weighted by Gasteiger charge is -2.27. The summed E-state index contributed by atoms with van der Waals surface area (Å²) in [7, 11) is 0. The molecule has 1 aromatic heterocycles. The fourth-order valence-electron chi connectivity index (χ4n) is 2.59. The molecule has 0 aliphatic carbocycles.